The second kappa shape index (κ2) is 4.88. The molecule has 0 aromatic carbocycles. The SMILES string of the molecule is CC(C)(C)c1nnsc1C(=O)N1CCC[C@@H]1C(=O)O. The minimum Gasteiger partial charge on any atom is -0.480 e. The van der Waals surface area contributed by atoms with Crippen LogP contribution in [0, 0.1) is 0 Å². The topological polar surface area (TPSA) is 83.4 Å². The zero-order valence-corrected chi connectivity index (χ0v) is 12.0. The molecule has 1 aliphatic heterocycles. The van der Waals surface area contributed by atoms with Gasteiger partial charge >= 0.3 is 5.97 Å². The number of aromatic nitrogens is 2. The van der Waals surface area contributed by atoms with E-state index in [0.29, 0.717) is 23.5 Å². The van der Waals surface area contributed by atoms with Crippen molar-refractivity contribution in [1.29, 1.82) is 0 Å². The van der Waals surface area contributed by atoms with Crippen molar-refractivity contribution in [3.63, 3.8) is 0 Å². The Kier molecular flexibility index (Phi) is 3.58. The Balaban J connectivity index is 2.30. The van der Waals surface area contributed by atoms with Crippen LogP contribution in [0.5, 0.6) is 0 Å². The monoisotopic (exact) mass is 283 g/mol. The molecule has 1 N–H and O–H groups in total. The fourth-order valence-corrected chi connectivity index (χ4v) is 3.05. The van der Waals surface area contributed by atoms with Gasteiger partial charge in [0.15, 0.2) is 0 Å². The average molecular weight is 283 g/mol. The van der Waals surface area contributed by atoms with E-state index in [0.717, 1.165) is 18.0 Å². The van der Waals surface area contributed by atoms with Gasteiger partial charge < -0.3 is 10.0 Å². The zero-order chi connectivity index (χ0) is 14.2. The molecule has 1 aromatic heterocycles. The summed E-state index contributed by atoms with van der Waals surface area (Å²) in [6, 6.07) is -0.720. The molecule has 1 aliphatic rings. The number of hydrogen-bond acceptors (Lipinski definition) is 5. The molecule has 6 nitrogen and oxygen atoms in total. The molecular weight excluding hydrogens is 266 g/mol. The highest BCUT2D eigenvalue weighted by molar-refractivity contribution is 7.08. The van der Waals surface area contributed by atoms with Crippen molar-refractivity contribution in [2.45, 2.75) is 45.1 Å². The number of amides is 1. The fraction of sp³-hybridized carbons (Fsp3) is 0.667. The number of carboxylic acids is 1. The zero-order valence-electron chi connectivity index (χ0n) is 11.2. The Morgan fingerprint density at radius 1 is 1.42 bits per heavy atom. The van der Waals surface area contributed by atoms with Gasteiger partial charge in [0, 0.05) is 12.0 Å². The average Bonchev–Trinajstić information content (AvgIpc) is 2.96. The van der Waals surface area contributed by atoms with Crippen molar-refractivity contribution in [3.8, 4) is 0 Å². The molecular formula is C12H17N3O3S. The van der Waals surface area contributed by atoms with Crippen LogP contribution in [0.25, 0.3) is 0 Å². The van der Waals surface area contributed by atoms with Crippen molar-refractivity contribution < 1.29 is 14.7 Å². The molecule has 1 saturated heterocycles. The van der Waals surface area contributed by atoms with Gasteiger partial charge in [-0.05, 0) is 24.4 Å². The number of hydrogen-bond donors (Lipinski definition) is 1. The third-order valence-electron chi connectivity index (χ3n) is 3.19. The number of aliphatic carboxylic acids is 1. The maximum absolute atomic E-state index is 12.5. The van der Waals surface area contributed by atoms with E-state index in [2.05, 4.69) is 9.59 Å². The molecule has 19 heavy (non-hydrogen) atoms. The van der Waals surface area contributed by atoms with Crippen LogP contribution in [-0.4, -0.2) is 44.1 Å². The lowest BCUT2D eigenvalue weighted by Crippen LogP contribution is -2.40. The highest BCUT2D eigenvalue weighted by atomic mass is 32.1. The number of carbonyl (C=O) groups is 2. The predicted octanol–water partition coefficient (Wildman–Crippen LogP) is 1.52. The van der Waals surface area contributed by atoms with E-state index < -0.39 is 12.0 Å². The summed E-state index contributed by atoms with van der Waals surface area (Å²) in [7, 11) is 0. The third kappa shape index (κ3) is 2.60. The van der Waals surface area contributed by atoms with Crippen LogP contribution < -0.4 is 0 Å². The second-order valence-corrected chi connectivity index (χ2v) is 6.45. The molecule has 0 saturated carbocycles. The summed E-state index contributed by atoms with van der Waals surface area (Å²) in [6.07, 6.45) is 1.23. The van der Waals surface area contributed by atoms with Gasteiger partial charge in [-0.2, -0.15) is 0 Å². The maximum atomic E-state index is 12.5. The molecule has 0 unspecified atom stereocenters. The van der Waals surface area contributed by atoms with Crippen LogP contribution in [-0.2, 0) is 10.2 Å². The van der Waals surface area contributed by atoms with E-state index in [-0.39, 0.29) is 11.3 Å². The number of carbonyl (C=O) groups excluding carboxylic acids is 1. The van der Waals surface area contributed by atoms with Crippen LogP contribution in [0.2, 0.25) is 0 Å². The Morgan fingerprint density at radius 2 is 2.11 bits per heavy atom. The molecule has 1 aromatic rings. The minimum absolute atomic E-state index is 0.259. The van der Waals surface area contributed by atoms with Crippen LogP contribution in [0.4, 0.5) is 0 Å². The lowest BCUT2D eigenvalue weighted by Gasteiger charge is -2.22. The van der Waals surface area contributed by atoms with Gasteiger partial charge in [-0.25, -0.2) is 4.79 Å². The molecule has 104 valence electrons. The van der Waals surface area contributed by atoms with Crippen LogP contribution in [0.3, 0.4) is 0 Å². The van der Waals surface area contributed by atoms with Gasteiger partial charge in [0.05, 0.1) is 5.69 Å². The summed E-state index contributed by atoms with van der Waals surface area (Å²) in [6.45, 7) is 6.36. The van der Waals surface area contributed by atoms with Gasteiger partial charge in [0.1, 0.15) is 10.9 Å². The highest BCUT2D eigenvalue weighted by Crippen LogP contribution is 2.29. The number of likely N-dealkylation sites (tertiary alicyclic amines) is 1. The first-order valence-corrected chi connectivity index (χ1v) is 6.96. The first-order valence-electron chi connectivity index (χ1n) is 6.19. The van der Waals surface area contributed by atoms with Crippen molar-refractivity contribution in [1.82, 2.24) is 14.5 Å². The van der Waals surface area contributed by atoms with Crippen molar-refractivity contribution >= 4 is 23.4 Å². The van der Waals surface area contributed by atoms with E-state index in [1.165, 1.54) is 4.90 Å². The van der Waals surface area contributed by atoms with Gasteiger partial charge in [-0.1, -0.05) is 25.3 Å². The van der Waals surface area contributed by atoms with Crippen LogP contribution in [0.15, 0.2) is 0 Å². The second-order valence-electron chi connectivity index (χ2n) is 5.70. The molecule has 0 aliphatic carbocycles. The molecule has 0 bridgehead atoms. The number of carboxylic acid groups (broad SMARTS) is 1. The van der Waals surface area contributed by atoms with E-state index >= 15 is 0 Å². The Morgan fingerprint density at radius 3 is 2.68 bits per heavy atom. The molecule has 0 spiro atoms. The summed E-state index contributed by atoms with van der Waals surface area (Å²) in [5, 5.41) is 13.2. The molecule has 0 radical (unpaired) electrons. The highest BCUT2D eigenvalue weighted by Gasteiger charge is 2.37. The summed E-state index contributed by atoms with van der Waals surface area (Å²) in [4.78, 5) is 25.5. The minimum atomic E-state index is -0.944. The molecule has 2 heterocycles. The number of nitrogens with zero attached hydrogens (tertiary/aromatic N) is 3. The fourth-order valence-electron chi connectivity index (χ4n) is 2.22. The Labute approximate surface area is 115 Å². The molecule has 2 rings (SSSR count). The maximum Gasteiger partial charge on any atom is 0.326 e. The van der Waals surface area contributed by atoms with E-state index in [1.807, 2.05) is 20.8 Å². The third-order valence-corrected chi connectivity index (χ3v) is 3.91. The predicted molar refractivity (Wildman–Crippen MR) is 70.3 cm³/mol. The lowest BCUT2D eigenvalue weighted by atomic mass is 9.91. The molecule has 1 fully saturated rings. The largest absolute Gasteiger partial charge is 0.480 e. The van der Waals surface area contributed by atoms with Crippen molar-refractivity contribution in [2.24, 2.45) is 0 Å². The Hall–Kier alpha value is -1.50. The molecule has 1 atom stereocenters. The summed E-state index contributed by atoms with van der Waals surface area (Å²) in [5.74, 6) is -1.20. The van der Waals surface area contributed by atoms with Crippen LogP contribution in [0.1, 0.15) is 49.0 Å². The van der Waals surface area contributed by atoms with Crippen molar-refractivity contribution in [2.75, 3.05) is 6.54 Å². The first kappa shape index (κ1) is 13.9. The van der Waals surface area contributed by atoms with E-state index in [1.54, 1.807) is 0 Å². The van der Waals surface area contributed by atoms with E-state index in [4.69, 9.17) is 5.11 Å². The van der Waals surface area contributed by atoms with Crippen molar-refractivity contribution in [3.05, 3.63) is 10.6 Å². The molecule has 1 amide bonds. The van der Waals surface area contributed by atoms with Gasteiger partial charge in [0.25, 0.3) is 5.91 Å². The van der Waals surface area contributed by atoms with Gasteiger partial charge in [-0.3, -0.25) is 4.79 Å². The summed E-state index contributed by atoms with van der Waals surface area (Å²) >= 11 is 1.04. The molecule has 7 heteroatoms. The lowest BCUT2D eigenvalue weighted by molar-refractivity contribution is -0.141. The normalized spacial score (nSPS) is 19.7. The standard InChI is InChI=1S/C12H17N3O3S/c1-12(2,3)9-8(19-14-13-9)10(16)15-6-4-5-7(15)11(17)18/h7H,4-6H2,1-3H3,(H,17,18)/t7-/m1/s1. The Bertz CT molecular complexity index is 507. The van der Waals surface area contributed by atoms with Crippen LogP contribution >= 0.6 is 11.5 Å². The quantitative estimate of drug-likeness (QED) is 0.889. The van der Waals surface area contributed by atoms with E-state index in [9.17, 15) is 9.59 Å². The summed E-state index contributed by atoms with van der Waals surface area (Å²) < 4.78 is 3.85. The number of rotatable bonds is 2. The van der Waals surface area contributed by atoms with Gasteiger partial charge in [-0.15, -0.1) is 5.10 Å². The van der Waals surface area contributed by atoms with Gasteiger partial charge in [0.2, 0.25) is 0 Å². The first-order chi connectivity index (χ1) is 8.82. The summed E-state index contributed by atoms with van der Waals surface area (Å²) in [5.41, 5.74) is 0.356. The smallest absolute Gasteiger partial charge is 0.326 e.